The van der Waals surface area contributed by atoms with Crippen LogP contribution in [0.2, 0.25) is 10.0 Å². The lowest BCUT2D eigenvalue weighted by Gasteiger charge is -2.22. The highest BCUT2D eigenvalue weighted by Crippen LogP contribution is 2.28. The molecule has 0 fully saturated rings. The molecule has 0 aliphatic carbocycles. The predicted molar refractivity (Wildman–Crippen MR) is 132 cm³/mol. The van der Waals surface area contributed by atoms with E-state index in [2.05, 4.69) is 5.32 Å². The van der Waals surface area contributed by atoms with E-state index >= 15 is 0 Å². The lowest BCUT2D eigenvalue weighted by molar-refractivity contribution is -0.119. The molecule has 0 saturated heterocycles. The molecule has 0 aliphatic heterocycles. The maximum Gasteiger partial charge on any atom is 0.253 e. The molecule has 0 unspecified atom stereocenters. The molecule has 0 bridgehead atoms. The van der Waals surface area contributed by atoms with Gasteiger partial charge in [-0.25, -0.2) is 8.42 Å². The highest BCUT2D eigenvalue weighted by Gasteiger charge is 2.21. The normalized spacial score (nSPS) is 11.2. The van der Waals surface area contributed by atoms with E-state index in [0.29, 0.717) is 39.3 Å². The fourth-order valence-electron chi connectivity index (χ4n) is 2.72. The topological polar surface area (TPSA) is 86.8 Å². The maximum atomic E-state index is 12.3. The van der Waals surface area contributed by atoms with E-state index in [9.17, 15) is 18.0 Å². The van der Waals surface area contributed by atoms with Gasteiger partial charge in [-0.15, -0.1) is 0 Å². The Labute approximate surface area is 203 Å². The van der Waals surface area contributed by atoms with Crippen molar-refractivity contribution in [1.29, 1.82) is 0 Å². The van der Waals surface area contributed by atoms with Crippen molar-refractivity contribution in [2.24, 2.45) is 0 Å². The van der Waals surface area contributed by atoms with E-state index in [4.69, 9.17) is 23.2 Å². The fraction of sp³-hybridized carbons (Fsp3) is 0.333. The Bertz CT molecular complexity index is 1040. The van der Waals surface area contributed by atoms with Crippen LogP contribution in [0.25, 0.3) is 0 Å². The molecule has 1 N–H and O–H groups in total. The number of anilines is 1. The Morgan fingerprint density at radius 2 is 1.62 bits per heavy atom. The van der Waals surface area contributed by atoms with Crippen LogP contribution in [0, 0.1) is 0 Å². The summed E-state index contributed by atoms with van der Waals surface area (Å²) in [5, 5.41) is 3.91. The third kappa shape index (κ3) is 7.58. The summed E-state index contributed by atoms with van der Waals surface area (Å²) in [7, 11) is -0.441. The summed E-state index contributed by atoms with van der Waals surface area (Å²) < 4.78 is 25.5. The van der Waals surface area contributed by atoms with Crippen LogP contribution in [-0.4, -0.2) is 64.3 Å². The summed E-state index contributed by atoms with van der Waals surface area (Å²) >= 11 is 13.8. The van der Waals surface area contributed by atoms with E-state index in [1.54, 1.807) is 44.1 Å². The fourth-order valence-corrected chi connectivity index (χ4v) is 5.17. The highest BCUT2D eigenvalue weighted by atomic mass is 35.5. The van der Waals surface area contributed by atoms with Gasteiger partial charge < -0.3 is 10.2 Å². The monoisotopic (exact) mass is 517 g/mol. The molecule has 0 saturated carbocycles. The minimum atomic E-state index is -3.70. The number of carbonyl (C=O) groups excluding carboxylic acids is 2. The van der Waals surface area contributed by atoms with Crippen molar-refractivity contribution in [3.05, 3.63) is 63.6 Å². The molecule has 0 aromatic heterocycles. The van der Waals surface area contributed by atoms with E-state index in [-0.39, 0.29) is 12.5 Å². The molecule has 0 aliphatic rings. The zero-order valence-electron chi connectivity index (χ0n) is 18.0. The number of sulfonamides is 1. The number of carbonyl (C=O) groups is 2. The van der Waals surface area contributed by atoms with Gasteiger partial charge in [0.2, 0.25) is 15.9 Å². The number of rotatable bonds is 10. The molecule has 174 valence electrons. The lowest BCUT2D eigenvalue weighted by Crippen LogP contribution is -2.41. The van der Waals surface area contributed by atoms with Crippen LogP contribution in [0.15, 0.2) is 42.5 Å². The largest absolute Gasteiger partial charge is 0.354 e. The minimum absolute atomic E-state index is 0.198. The zero-order chi connectivity index (χ0) is 23.9. The van der Waals surface area contributed by atoms with Gasteiger partial charge in [0.25, 0.3) is 5.91 Å². The number of benzene rings is 2. The molecule has 2 aromatic rings. The molecule has 7 nitrogen and oxygen atoms in total. The molecular formula is C21H25Cl2N3O4S2. The number of thioether (sulfide) groups is 1. The van der Waals surface area contributed by atoms with Crippen molar-refractivity contribution < 1.29 is 18.0 Å². The molecule has 32 heavy (non-hydrogen) atoms. The number of hydrogen-bond donors (Lipinski definition) is 1. The Morgan fingerprint density at radius 3 is 2.16 bits per heavy atom. The van der Waals surface area contributed by atoms with E-state index in [1.807, 2.05) is 0 Å². The number of halogens is 2. The summed E-state index contributed by atoms with van der Waals surface area (Å²) in [5.41, 5.74) is 1.57. The molecule has 11 heteroatoms. The third-order valence-electron chi connectivity index (χ3n) is 4.37. The standard InChI is InChI=1S/C21H25Cl2N3O4S2/c1-25(2)21(28)15-7-9-16(10-8-15)26(32(3,29)30)13-20(27)24-11-12-31-14-17-18(22)5-4-6-19(17)23/h4-10H,11-14H2,1-3H3,(H,24,27). The first kappa shape index (κ1) is 26.3. The lowest BCUT2D eigenvalue weighted by atomic mass is 10.2. The Balaban J connectivity index is 1.91. The van der Waals surface area contributed by atoms with Gasteiger partial charge in [-0.1, -0.05) is 29.3 Å². The van der Waals surface area contributed by atoms with Crippen LogP contribution in [0.3, 0.4) is 0 Å². The molecule has 0 radical (unpaired) electrons. The summed E-state index contributed by atoms with van der Waals surface area (Å²) in [4.78, 5) is 25.8. The molecule has 0 spiro atoms. The van der Waals surface area contributed by atoms with Crippen molar-refractivity contribution in [1.82, 2.24) is 10.2 Å². The second-order valence-corrected chi connectivity index (χ2v) is 10.9. The SMILES string of the molecule is CN(C)C(=O)c1ccc(N(CC(=O)NCCSCc2c(Cl)cccc2Cl)S(C)(=O)=O)cc1. The molecule has 2 aromatic carbocycles. The first-order valence-corrected chi connectivity index (χ1v) is 13.3. The summed E-state index contributed by atoms with van der Waals surface area (Å²) in [6.07, 6.45) is 1.03. The Hall–Kier alpha value is -1.94. The van der Waals surface area contributed by atoms with Crippen LogP contribution in [0.1, 0.15) is 15.9 Å². The van der Waals surface area contributed by atoms with Crippen molar-refractivity contribution in [2.75, 3.05) is 43.5 Å². The predicted octanol–water partition coefficient (Wildman–Crippen LogP) is 3.51. The molecule has 0 heterocycles. The first-order chi connectivity index (χ1) is 15.0. The molecule has 2 amide bonds. The van der Waals surface area contributed by atoms with Crippen LogP contribution >= 0.6 is 35.0 Å². The van der Waals surface area contributed by atoms with Gasteiger partial charge in [0.15, 0.2) is 0 Å². The average Bonchev–Trinajstić information content (AvgIpc) is 2.72. The van der Waals surface area contributed by atoms with Gasteiger partial charge in [-0.3, -0.25) is 13.9 Å². The van der Waals surface area contributed by atoms with Gasteiger partial charge in [-0.2, -0.15) is 11.8 Å². The van der Waals surface area contributed by atoms with Gasteiger partial charge in [0.05, 0.1) is 11.9 Å². The summed E-state index contributed by atoms with van der Waals surface area (Å²) in [5.74, 6) is 0.575. The highest BCUT2D eigenvalue weighted by molar-refractivity contribution is 7.98. The van der Waals surface area contributed by atoms with E-state index in [0.717, 1.165) is 16.1 Å². The van der Waals surface area contributed by atoms with E-state index in [1.165, 1.54) is 29.2 Å². The Morgan fingerprint density at radius 1 is 1.03 bits per heavy atom. The van der Waals surface area contributed by atoms with Crippen molar-refractivity contribution >= 4 is 62.5 Å². The number of nitrogens with zero attached hydrogens (tertiary/aromatic N) is 2. The maximum absolute atomic E-state index is 12.3. The van der Waals surface area contributed by atoms with Gasteiger partial charge in [0, 0.05) is 47.8 Å². The van der Waals surface area contributed by atoms with Gasteiger partial charge >= 0.3 is 0 Å². The molecular weight excluding hydrogens is 493 g/mol. The molecule has 0 atom stereocenters. The smallest absolute Gasteiger partial charge is 0.253 e. The van der Waals surface area contributed by atoms with Gasteiger partial charge in [0.1, 0.15) is 6.54 Å². The van der Waals surface area contributed by atoms with Crippen LogP contribution in [-0.2, 0) is 20.6 Å². The van der Waals surface area contributed by atoms with Crippen molar-refractivity contribution in [2.45, 2.75) is 5.75 Å². The average molecular weight is 518 g/mol. The van der Waals surface area contributed by atoms with Crippen LogP contribution in [0.4, 0.5) is 5.69 Å². The second-order valence-electron chi connectivity index (χ2n) is 7.12. The minimum Gasteiger partial charge on any atom is -0.354 e. The van der Waals surface area contributed by atoms with Crippen molar-refractivity contribution in [3.63, 3.8) is 0 Å². The zero-order valence-corrected chi connectivity index (χ0v) is 21.1. The second kappa shape index (κ2) is 11.8. The summed E-state index contributed by atoms with van der Waals surface area (Å²) in [6, 6.07) is 11.4. The van der Waals surface area contributed by atoms with Gasteiger partial charge in [-0.05, 0) is 42.0 Å². The number of amides is 2. The van der Waals surface area contributed by atoms with E-state index < -0.39 is 15.9 Å². The quantitative estimate of drug-likeness (QED) is 0.487. The van der Waals surface area contributed by atoms with Crippen LogP contribution < -0.4 is 9.62 Å². The Kier molecular flexibility index (Phi) is 9.69. The van der Waals surface area contributed by atoms with Crippen LogP contribution in [0.5, 0.6) is 0 Å². The first-order valence-electron chi connectivity index (χ1n) is 9.57. The summed E-state index contributed by atoms with van der Waals surface area (Å²) in [6.45, 7) is 0.000261. The third-order valence-corrected chi connectivity index (χ3v) is 7.21. The van der Waals surface area contributed by atoms with Crippen molar-refractivity contribution in [3.8, 4) is 0 Å². The number of nitrogens with one attached hydrogen (secondary N) is 1. The number of hydrogen-bond acceptors (Lipinski definition) is 5. The molecule has 2 rings (SSSR count).